The fourth-order valence-corrected chi connectivity index (χ4v) is 1.99. The summed E-state index contributed by atoms with van der Waals surface area (Å²) in [4.78, 5) is 0. The summed E-state index contributed by atoms with van der Waals surface area (Å²) in [7, 11) is 0. The van der Waals surface area contributed by atoms with E-state index in [0.29, 0.717) is 11.8 Å². The summed E-state index contributed by atoms with van der Waals surface area (Å²) in [5.41, 5.74) is 0.897. The second kappa shape index (κ2) is 5.08. The van der Waals surface area contributed by atoms with Crippen LogP contribution in [0.15, 0.2) is 6.20 Å². The van der Waals surface area contributed by atoms with Crippen LogP contribution in [0.3, 0.4) is 0 Å². The minimum atomic E-state index is 0.550. The standard InChI is InChI=1S/C10H17ClN2S/c1-7(2)9(6-14)4-13-5-10(11)8(3)12-13/h5,7,9,14H,4,6H2,1-3H3. The summed E-state index contributed by atoms with van der Waals surface area (Å²) < 4.78 is 1.92. The molecular weight excluding hydrogens is 216 g/mol. The second-order valence-corrected chi connectivity index (χ2v) is 4.74. The molecule has 1 atom stereocenters. The average molecular weight is 233 g/mol. The molecule has 0 aliphatic heterocycles. The maximum absolute atomic E-state index is 5.93. The molecule has 1 aromatic heterocycles. The zero-order valence-corrected chi connectivity index (χ0v) is 10.5. The molecule has 0 radical (unpaired) electrons. The SMILES string of the molecule is Cc1nn(CC(CS)C(C)C)cc1Cl. The molecule has 1 aromatic rings. The van der Waals surface area contributed by atoms with E-state index in [9.17, 15) is 0 Å². The van der Waals surface area contributed by atoms with E-state index >= 15 is 0 Å². The summed E-state index contributed by atoms with van der Waals surface area (Å²) in [5, 5.41) is 5.07. The van der Waals surface area contributed by atoms with Crippen LogP contribution in [0.5, 0.6) is 0 Å². The fourth-order valence-electron chi connectivity index (χ4n) is 1.31. The van der Waals surface area contributed by atoms with E-state index in [1.54, 1.807) is 0 Å². The molecule has 1 unspecified atom stereocenters. The van der Waals surface area contributed by atoms with Gasteiger partial charge in [-0.1, -0.05) is 25.4 Å². The fraction of sp³-hybridized carbons (Fsp3) is 0.700. The van der Waals surface area contributed by atoms with Crippen LogP contribution >= 0.6 is 24.2 Å². The first-order chi connectivity index (χ1) is 6.54. The quantitative estimate of drug-likeness (QED) is 0.791. The normalized spacial score (nSPS) is 13.6. The highest BCUT2D eigenvalue weighted by atomic mass is 35.5. The molecule has 1 rings (SSSR count). The van der Waals surface area contributed by atoms with Crippen molar-refractivity contribution in [3.63, 3.8) is 0 Å². The highest BCUT2D eigenvalue weighted by Crippen LogP contribution is 2.17. The minimum absolute atomic E-state index is 0.550. The van der Waals surface area contributed by atoms with Gasteiger partial charge in [0.05, 0.1) is 10.7 Å². The van der Waals surface area contributed by atoms with E-state index in [2.05, 4.69) is 31.6 Å². The monoisotopic (exact) mass is 232 g/mol. The Bertz CT molecular complexity index is 277. The van der Waals surface area contributed by atoms with Gasteiger partial charge in [-0.25, -0.2) is 0 Å². The molecule has 0 N–H and O–H groups in total. The summed E-state index contributed by atoms with van der Waals surface area (Å²) in [6.07, 6.45) is 1.88. The Morgan fingerprint density at radius 1 is 1.57 bits per heavy atom. The van der Waals surface area contributed by atoms with Crippen LogP contribution in [0.4, 0.5) is 0 Å². The van der Waals surface area contributed by atoms with Crippen LogP contribution in [0.2, 0.25) is 5.02 Å². The first-order valence-corrected chi connectivity index (χ1v) is 5.86. The summed E-state index contributed by atoms with van der Waals surface area (Å²) in [5.74, 6) is 2.05. The zero-order chi connectivity index (χ0) is 10.7. The maximum atomic E-state index is 5.93. The highest BCUT2D eigenvalue weighted by molar-refractivity contribution is 7.80. The third-order valence-electron chi connectivity index (χ3n) is 2.49. The smallest absolute Gasteiger partial charge is 0.0814 e. The van der Waals surface area contributed by atoms with Crippen molar-refractivity contribution in [1.29, 1.82) is 0 Å². The predicted octanol–water partition coefficient (Wildman–Crippen LogP) is 3.05. The molecule has 0 saturated heterocycles. The van der Waals surface area contributed by atoms with Gasteiger partial charge in [0.2, 0.25) is 0 Å². The molecule has 0 fully saturated rings. The molecule has 2 nitrogen and oxygen atoms in total. The molecule has 1 heterocycles. The lowest BCUT2D eigenvalue weighted by atomic mass is 9.98. The van der Waals surface area contributed by atoms with E-state index in [4.69, 9.17) is 11.6 Å². The van der Waals surface area contributed by atoms with Gasteiger partial charge in [0.1, 0.15) is 0 Å². The summed E-state index contributed by atoms with van der Waals surface area (Å²) >= 11 is 10.3. The summed E-state index contributed by atoms with van der Waals surface area (Å²) in [6, 6.07) is 0. The van der Waals surface area contributed by atoms with Gasteiger partial charge in [-0.05, 0) is 24.5 Å². The van der Waals surface area contributed by atoms with Crippen LogP contribution in [-0.4, -0.2) is 15.5 Å². The van der Waals surface area contributed by atoms with Gasteiger partial charge < -0.3 is 0 Å². The van der Waals surface area contributed by atoms with Crippen LogP contribution in [0.25, 0.3) is 0 Å². The third-order valence-corrected chi connectivity index (χ3v) is 3.33. The number of rotatable bonds is 4. The lowest BCUT2D eigenvalue weighted by Gasteiger charge is -2.18. The van der Waals surface area contributed by atoms with Gasteiger partial charge in [0.25, 0.3) is 0 Å². The number of aromatic nitrogens is 2. The van der Waals surface area contributed by atoms with Crippen LogP contribution in [-0.2, 0) is 6.54 Å². The molecule has 0 aromatic carbocycles. The molecule has 0 aliphatic rings. The van der Waals surface area contributed by atoms with E-state index in [-0.39, 0.29) is 0 Å². The molecular formula is C10H17ClN2S. The van der Waals surface area contributed by atoms with Crippen molar-refractivity contribution in [2.24, 2.45) is 11.8 Å². The number of halogens is 1. The molecule has 0 saturated carbocycles. The first-order valence-electron chi connectivity index (χ1n) is 4.85. The molecule has 0 bridgehead atoms. The topological polar surface area (TPSA) is 17.8 Å². The largest absolute Gasteiger partial charge is 0.271 e. The van der Waals surface area contributed by atoms with E-state index in [0.717, 1.165) is 23.0 Å². The van der Waals surface area contributed by atoms with Crippen molar-refractivity contribution in [3.05, 3.63) is 16.9 Å². The molecule has 0 spiro atoms. The van der Waals surface area contributed by atoms with Crippen molar-refractivity contribution >= 4 is 24.2 Å². The van der Waals surface area contributed by atoms with Crippen LogP contribution in [0, 0.1) is 18.8 Å². The number of hydrogen-bond acceptors (Lipinski definition) is 2. The van der Waals surface area contributed by atoms with E-state index < -0.39 is 0 Å². The number of hydrogen-bond donors (Lipinski definition) is 1. The highest BCUT2D eigenvalue weighted by Gasteiger charge is 2.13. The Balaban J connectivity index is 2.67. The van der Waals surface area contributed by atoms with E-state index in [1.807, 2.05) is 17.8 Å². The van der Waals surface area contributed by atoms with Crippen molar-refractivity contribution in [1.82, 2.24) is 9.78 Å². The number of aryl methyl sites for hydroxylation is 1. The molecule has 0 aliphatic carbocycles. The van der Waals surface area contributed by atoms with Gasteiger partial charge in [-0.2, -0.15) is 17.7 Å². The third kappa shape index (κ3) is 2.92. The van der Waals surface area contributed by atoms with Crippen molar-refractivity contribution in [2.75, 3.05) is 5.75 Å². The summed E-state index contributed by atoms with van der Waals surface area (Å²) in [6.45, 7) is 7.23. The van der Waals surface area contributed by atoms with E-state index in [1.165, 1.54) is 0 Å². The molecule has 14 heavy (non-hydrogen) atoms. The zero-order valence-electron chi connectivity index (χ0n) is 8.87. The van der Waals surface area contributed by atoms with Gasteiger partial charge in [-0.15, -0.1) is 0 Å². The van der Waals surface area contributed by atoms with Crippen molar-refractivity contribution in [2.45, 2.75) is 27.3 Å². The lowest BCUT2D eigenvalue weighted by Crippen LogP contribution is -2.18. The second-order valence-electron chi connectivity index (χ2n) is 3.97. The lowest BCUT2D eigenvalue weighted by molar-refractivity contribution is 0.355. The van der Waals surface area contributed by atoms with Crippen LogP contribution in [0.1, 0.15) is 19.5 Å². The number of thiol groups is 1. The Kier molecular flexibility index (Phi) is 4.32. The Morgan fingerprint density at radius 2 is 2.21 bits per heavy atom. The average Bonchev–Trinajstić information content (AvgIpc) is 2.41. The predicted molar refractivity (Wildman–Crippen MR) is 64.2 cm³/mol. The molecule has 4 heteroatoms. The van der Waals surface area contributed by atoms with Gasteiger partial charge >= 0.3 is 0 Å². The Morgan fingerprint density at radius 3 is 2.57 bits per heavy atom. The van der Waals surface area contributed by atoms with Gasteiger partial charge in [-0.3, -0.25) is 4.68 Å². The minimum Gasteiger partial charge on any atom is -0.271 e. The first kappa shape index (κ1) is 11.9. The maximum Gasteiger partial charge on any atom is 0.0814 e. The Hall–Kier alpha value is -0.150. The van der Waals surface area contributed by atoms with Crippen molar-refractivity contribution < 1.29 is 0 Å². The number of nitrogens with zero attached hydrogens (tertiary/aromatic N) is 2. The van der Waals surface area contributed by atoms with Gasteiger partial charge in [0.15, 0.2) is 0 Å². The van der Waals surface area contributed by atoms with Crippen LogP contribution < -0.4 is 0 Å². The van der Waals surface area contributed by atoms with Gasteiger partial charge in [0, 0.05) is 12.7 Å². The molecule has 0 amide bonds. The molecule has 80 valence electrons. The van der Waals surface area contributed by atoms with Crippen molar-refractivity contribution in [3.8, 4) is 0 Å². The Labute approximate surface area is 96.1 Å².